The average Bonchev–Trinajstić information content (AvgIpc) is 3.10. The molecule has 0 radical (unpaired) electrons. The number of benzene rings is 2. The number of hydrogen-bond donors (Lipinski definition) is 2. The van der Waals surface area contributed by atoms with E-state index in [-0.39, 0.29) is 23.8 Å². The van der Waals surface area contributed by atoms with Crippen molar-refractivity contribution in [1.29, 1.82) is 0 Å². The van der Waals surface area contributed by atoms with E-state index in [1.54, 1.807) is 24.3 Å². The van der Waals surface area contributed by atoms with Gasteiger partial charge in [-0.2, -0.15) is 0 Å². The largest absolute Gasteiger partial charge is 0.349 e. The molecule has 0 atom stereocenters. The van der Waals surface area contributed by atoms with Gasteiger partial charge in [0.2, 0.25) is 5.91 Å². The Morgan fingerprint density at radius 3 is 2.80 bits per heavy atom. The Balaban J connectivity index is 1.63. The number of anilines is 1. The highest BCUT2D eigenvalue weighted by atomic mass is 35.5. The fourth-order valence-electron chi connectivity index (χ4n) is 3.08. The number of carbonyl (C=O) groups excluding carboxylic acids is 1. The van der Waals surface area contributed by atoms with Crippen molar-refractivity contribution in [1.82, 2.24) is 14.5 Å². The van der Waals surface area contributed by atoms with Crippen LogP contribution in [0.4, 0.5) is 5.69 Å². The second-order valence-electron chi connectivity index (χ2n) is 6.46. The summed E-state index contributed by atoms with van der Waals surface area (Å²) in [7, 11) is 0. The monoisotopic (exact) mass is 458 g/mol. The lowest BCUT2D eigenvalue weighted by Gasteiger charge is -2.10. The van der Waals surface area contributed by atoms with Crippen molar-refractivity contribution in [2.45, 2.75) is 11.7 Å². The molecule has 4 aromatic rings. The van der Waals surface area contributed by atoms with Gasteiger partial charge in [0.05, 0.1) is 15.8 Å². The van der Waals surface area contributed by atoms with Crippen LogP contribution in [0.1, 0.15) is 0 Å². The number of carbonyl (C=O) groups is 1. The van der Waals surface area contributed by atoms with Crippen LogP contribution in [0, 0.1) is 0 Å². The predicted molar refractivity (Wildman–Crippen MR) is 124 cm³/mol. The molecule has 2 aromatic heterocycles. The quantitative estimate of drug-likeness (QED) is 0.239. The number of amides is 1. The van der Waals surface area contributed by atoms with Crippen LogP contribution in [0.2, 0.25) is 10.0 Å². The van der Waals surface area contributed by atoms with E-state index in [4.69, 9.17) is 23.2 Å². The van der Waals surface area contributed by atoms with Gasteiger partial charge in [-0.05, 0) is 24.3 Å². The molecule has 30 heavy (non-hydrogen) atoms. The van der Waals surface area contributed by atoms with E-state index in [9.17, 15) is 9.59 Å². The number of fused-ring (bicyclic) bond motifs is 3. The third-order valence-electron chi connectivity index (χ3n) is 4.42. The number of aromatic nitrogens is 3. The zero-order valence-corrected chi connectivity index (χ0v) is 17.9. The number of aromatic amines is 1. The second-order valence-corrected chi connectivity index (χ2v) is 8.22. The Morgan fingerprint density at radius 1 is 1.23 bits per heavy atom. The summed E-state index contributed by atoms with van der Waals surface area (Å²) in [6, 6.07) is 12.4. The Labute approximate surface area is 185 Å². The lowest BCUT2D eigenvalue weighted by molar-refractivity contribution is -0.113. The smallest absolute Gasteiger partial charge is 0.278 e. The first-order chi connectivity index (χ1) is 14.5. The third-order valence-corrected chi connectivity index (χ3v) is 6.14. The molecule has 0 aliphatic heterocycles. The number of halogens is 2. The van der Waals surface area contributed by atoms with Crippen LogP contribution in [0.5, 0.6) is 0 Å². The van der Waals surface area contributed by atoms with Crippen LogP contribution in [-0.2, 0) is 11.3 Å². The first-order valence-corrected chi connectivity index (χ1v) is 10.7. The normalized spacial score (nSPS) is 11.1. The molecule has 0 bridgehead atoms. The molecular formula is C21H16Cl2N4O2S. The van der Waals surface area contributed by atoms with E-state index in [0.29, 0.717) is 31.9 Å². The third kappa shape index (κ3) is 3.96. The van der Waals surface area contributed by atoms with Crippen LogP contribution in [0.15, 0.2) is 65.1 Å². The minimum absolute atomic E-state index is 0.0672. The van der Waals surface area contributed by atoms with E-state index >= 15 is 0 Å². The van der Waals surface area contributed by atoms with Crippen molar-refractivity contribution in [2.24, 2.45) is 0 Å². The number of hydrogen-bond acceptors (Lipinski definition) is 4. The Hall–Kier alpha value is -2.74. The molecule has 0 spiro atoms. The lowest BCUT2D eigenvalue weighted by atomic mass is 10.2. The van der Waals surface area contributed by atoms with E-state index in [0.717, 1.165) is 10.9 Å². The Bertz CT molecular complexity index is 1350. The molecule has 1 amide bonds. The maximum atomic E-state index is 13.0. The zero-order valence-electron chi connectivity index (χ0n) is 15.6. The van der Waals surface area contributed by atoms with Crippen molar-refractivity contribution in [3.05, 3.63) is 75.5 Å². The van der Waals surface area contributed by atoms with Gasteiger partial charge in [-0.1, -0.05) is 59.2 Å². The summed E-state index contributed by atoms with van der Waals surface area (Å²) >= 11 is 13.1. The molecule has 2 heterocycles. The van der Waals surface area contributed by atoms with Crippen molar-refractivity contribution in [3.63, 3.8) is 0 Å². The van der Waals surface area contributed by atoms with E-state index in [1.165, 1.54) is 16.3 Å². The average molecular weight is 459 g/mol. The molecule has 0 aliphatic rings. The highest BCUT2D eigenvalue weighted by Crippen LogP contribution is 2.26. The number of rotatable bonds is 6. The van der Waals surface area contributed by atoms with Crippen LogP contribution < -0.4 is 10.9 Å². The van der Waals surface area contributed by atoms with Crippen molar-refractivity contribution >= 4 is 68.5 Å². The summed E-state index contributed by atoms with van der Waals surface area (Å²) in [6.07, 6.45) is 1.62. The maximum Gasteiger partial charge on any atom is 0.278 e. The summed E-state index contributed by atoms with van der Waals surface area (Å²) in [5.74, 6) is -0.186. The molecule has 4 rings (SSSR count). The van der Waals surface area contributed by atoms with Gasteiger partial charge < -0.3 is 10.3 Å². The van der Waals surface area contributed by atoms with Gasteiger partial charge in [0.15, 0.2) is 5.16 Å². The number of H-pyrrole nitrogens is 1. The maximum absolute atomic E-state index is 13.0. The van der Waals surface area contributed by atoms with Gasteiger partial charge in [0.25, 0.3) is 5.56 Å². The SMILES string of the molecule is C=CCn1c(SCC(=O)Nc2ccc(Cl)c(Cl)c2)nc2c([nH]c3ccccc32)c1=O. The summed E-state index contributed by atoms with van der Waals surface area (Å²) in [4.78, 5) is 33.2. The second kappa shape index (κ2) is 8.55. The molecule has 2 N–H and O–H groups in total. The molecule has 0 saturated carbocycles. The Kier molecular flexibility index (Phi) is 5.85. The van der Waals surface area contributed by atoms with Crippen LogP contribution in [-0.4, -0.2) is 26.2 Å². The van der Waals surface area contributed by atoms with Gasteiger partial charge in [-0.3, -0.25) is 14.2 Å². The van der Waals surface area contributed by atoms with Crippen LogP contribution in [0.25, 0.3) is 21.9 Å². The van der Waals surface area contributed by atoms with Gasteiger partial charge in [0, 0.05) is 23.1 Å². The summed E-state index contributed by atoms with van der Waals surface area (Å²) in [6.45, 7) is 4.00. The van der Waals surface area contributed by atoms with E-state index in [2.05, 4.69) is 21.9 Å². The molecule has 0 aliphatic carbocycles. The predicted octanol–water partition coefficient (Wildman–Crippen LogP) is 5.10. The number of allylic oxidation sites excluding steroid dienone is 1. The molecule has 9 heteroatoms. The van der Waals surface area contributed by atoms with E-state index < -0.39 is 0 Å². The van der Waals surface area contributed by atoms with Gasteiger partial charge in [0.1, 0.15) is 11.0 Å². The minimum Gasteiger partial charge on any atom is -0.349 e. The molecule has 6 nitrogen and oxygen atoms in total. The fraction of sp³-hybridized carbons (Fsp3) is 0.0952. The lowest BCUT2D eigenvalue weighted by Crippen LogP contribution is -2.23. The number of nitrogens with zero attached hydrogens (tertiary/aromatic N) is 2. The summed E-state index contributed by atoms with van der Waals surface area (Å²) in [5.41, 5.74) is 2.19. The molecule has 0 unspecified atom stereocenters. The number of nitrogens with one attached hydrogen (secondary N) is 2. The Morgan fingerprint density at radius 2 is 2.03 bits per heavy atom. The van der Waals surface area contributed by atoms with Crippen LogP contribution in [0.3, 0.4) is 0 Å². The van der Waals surface area contributed by atoms with Gasteiger partial charge >= 0.3 is 0 Å². The molecular weight excluding hydrogens is 443 g/mol. The minimum atomic E-state index is -0.253. The molecule has 2 aromatic carbocycles. The van der Waals surface area contributed by atoms with Gasteiger partial charge in [-0.15, -0.1) is 6.58 Å². The van der Waals surface area contributed by atoms with Crippen molar-refractivity contribution in [2.75, 3.05) is 11.1 Å². The highest BCUT2D eigenvalue weighted by molar-refractivity contribution is 7.99. The zero-order chi connectivity index (χ0) is 21.3. The fourth-order valence-corrected chi connectivity index (χ4v) is 4.18. The van der Waals surface area contributed by atoms with Crippen molar-refractivity contribution in [3.8, 4) is 0 Å². The topological polar surface area (TPSA) is 79.8 Å². The van der Waals surface area contributed by atoms with Crippen LogP contribution >= 0.6 is 35.0 Å². The first kappa shape index (κ1) is 20.5. The van der Waals surface area contributed by atoms with E-state index in [1.807, 2.05) is 24.3 Å². The number of para-hydroxylation sites is 1. The molecule has 0 saturated heterocycles. The summed E-state index contributed by atoms with van der Waals surface area (Å²) in [5, 5.41) is 4.83. The van der Waals surface area contributed by atoms with Gasteiger partial charge in [-0.25, -0.2) is 4.98 Å². The summed E-state index contributed by atoms with van der Waals surface area (Å²) < 4.78 is 1.50. The standard InChI is InChI=1S/C21H16Cl2N4O2S/c1-2-9-27-20(29)19-18(13-5-3-4-6-16(13)25-19)26-21(27)30-11-17(28)24-12-7-8-14(22)15(23)10-12/h2-8,10,25H,1,9,11H2,(H,24,28). The first-order valence-electron chi connectivity index (χ1n) is 8.98. The molecule has 152 valence electrons. The van der Waals surface area contributed by atoms with Crippen molar-refractivity contribution < 1.29 is 4.79 Å². The number of thioether (sulfide) groups is 1. The molecule has 0 fully saturated rings. The highest BCUT2D eigenvalue weighted by Gasteiger charge is 2.16.